The largest absolute Gasteiger partial charge is 0.496 e. The van der Waals surface area contributed by atoms with Crippen LogP contribution in [0.25, 0.3) is 22.2 Å². The van der Waals surface area contributed by atoms with Crippen molar-refractivity contribution in [3.8, 4) is 29.5 Å². The van der Waals surface area contributed by atoms with Crippen LogP contribution in [0.2, 0.25) is 0 Å². The molecule has 0 fully saturated rings. The Morgan fingerprint density at radius 3 is 2.73 bits per heavy atom. The quantitative estimate of drug-likeness (QED) is 0.468. The highest BCUT2D eigenvalue weighted by Crippen LogP contribution is 2.34. The van der Waals surface area contributed by atoms with Gasteiger partial charge in [-0.1, -0.05) is 36.3 Å². The van der Waals surface area contributed by atoms with E-state index in [0.29, 0.717) is 25.5 Å². The molecular weight excluding hydrogens is 324 g/mol. The zero-order valence-corrected chi connectivity index (χ0v) is 15.2. The van der Waals surface area contributed by atoms with E-state index in [0.717, 1.165) is 33.5 Å². The lowest BCUT2D eigenvalue weighted by Crippen LogP contribution is -2.24. The summed E-state index contributed by atoms with van der Waals surface area (Å²) in [5, 5.41) is 2.08. The number of rotatable bonds is 7. The van der Waals surface area contributed by atoms with Crippen molar-refractivity contribution in [2.24, 2.45) is 0 Å². The molecule has 0 saturated carbocycles. The fraction of sp³-hybridized carbons (Fsp3) is 0.227. The Hall–Kier alpha value is -3.03. The summed E-state index contributed by atoms with van der Waals surface area (Å²) in [4.78, 5) is 6.83. The van der Waals surface area contributed by atoms with Gasteiger partial charge in [-0.15, -0.1) is 13.0 Å². The van der Waals surface area contributed by atoms with Gasteiger partial charge in [0.15, 0.2) is 0 Å². The molecule has 2 aromatic carbocycles. The number of hydrogen-bond donors (Lipinski definition) is 0. The number of aryl methyl sites for hydroxylation is 1. The molecule has 4 heteroatoms. The maximum Gasteiger partial charge on any atom is 0.227 e. The molecule has 0 spiro atoms. The predicted octanol–water partition coefficient (Wildman–Crippen LogP) is 4.43. The first-order valence-electron chi connectivity index (χ1n) is 8.47. The first kappa shape index (κ1) is 17.8. The number of methoxy groups -OCH3 is 1. The van der Waals surface area contributed by atoms with Crippen molar-refractivity contribution in [3.63, 3.8) is 0 Å². The molecule has 0 aliphatic heterocycles. The highest BCUT2D eigenvalue weighted by Gasteiger charge is 2.17. The summed E-state index contributed by atoms with van der Waals surface area (Å²) in [6.07, 6.45) is 7.29. The first-order chi connectivity index (χ1) is 12.7. The molecule has 4 nitrogen and oxygen atoms in total. The van der Waals surface area contributed by atoms with Gasteiger partial charge in [0.05, 0.1) is 19.3 Å². The standard InChI is InChI=1S/C22H22N2O2/c1-5-13-24(14-6-2)15-20-16(3)26-22(23-20)19-11-12-21(25-4)18-10-8-7-9-17(18)19/h1,6-12H,2,13-15H2,3-4H3. The molecular formula is C22H22N2O2. The van der Waals surface area contributed by atoms with Crippen LogP contribution in [0.1, 0.15) is 11.5 Å². The first-order valence-corrected chi connectivity index (χ1v) is 8.47. The highest BCUT2D eigenvalue weighted by atomic mass is 16.5. The minimum Gasteiger partial charge on any atom is -0.496 e. The lowest BCUT2D eigenvalue weighted by Gasteiger charge is -2.15. The molecule has 0 aliphatic rings. The van der Waals surface area contributed by atoms with Crippen LogP contribution in [-0.4, -0.2) is 30.1 Å². The Morgan fingerprint density at radius 2 is 2.04 bits per heavy atom. The van der Waals surface area contributed by atoms with E-state index >= 15 is 0 Å². The molecule has 132 valence electrons. The fourth-order valence-electron chi connectivity index (χ4n) is 3.03. The Kier molecular flexibility index (Phi) is 5.40. The van der Waals surface area contributed by atoms with Gasteiger partial charge < -0.3 is 9.15 Å². The number of aromatic nitrogens is 1. The van der Waals surface area contributed by atoms with Crippen molar-refractivity contribution in [1.82, 2.24) is 9.88 Å². The van der Waals surface area contributed by atoms with E-state index < -0.39 is 0 Å². The van der Waals surface area contributed by atoms with Gasteiger partial charge in [0.1, 0.15) is 11.5 Å². The van der Waals surface area contributed by atoms with Crippen molar-refractivity contribution >= 4 is 10.8 Å². The van der Waals surface area contributed by atoms with Crippen molar-refractivity contribution < 1.29 is 9.15 Å². The molecule has 0 saturated heterocycles. The second-order valence-corrected chi connectivity index (χ2v) is 6.05. The van der Waals surface area contributed by atoms with Gasteiger partial charge in [-0.2, -0.15) is 0 Å². The van der Waals surface area contributed by atoms with Gasteiger partial charge >= 0.3 is 0 Å². The van der Waals surface area contributed by atoms with E-state index in [1.54, 1.807) is 7.11 Å². The number of fused-ring (bicyclic) bond motifs is 1. The molecule has 0 bridgehead atoms. The van der Waals surface area contributed by atoms with Gasteiger partial charge in [-0.3, -0.25) is 4.90 Å². The maximum atomic E-state index is 5.98. The molecule has 1 aromatic heterocycles. The van der Waals surface area contributed by atoms with Crippen LogP contribution in [0.3, 0.4) is 0 Å². The van der Waals surface area contributed by atoms with Crippen LogP contribution in [0.15, 0.2) is 53.5 Å². The van der Waals surface area contributed by atoms with E-state index in [9.17, 15) is 0 Å². The van der Waals surface area contributed by atoms with E-state index in [2.05, 4.69) is 23.5 Å². The number of oxazole rings is 1. The second-order valence-electron chi connectivity index (χ2n) is 6.05. The maximum absolute atomic E-state index is 5.98. The fourth-order valence-corrected chi connectivity index (χ4v) is 3.03. The average molecular weight is 346 g/mol. The van der Waals surface area contributed by atoms with Crippen LogP contribution >= 0.6 is 0 Å². The van der Waals surface area contributed by atoms with Gasteiger partial charge in [0, 0.05) is 24.0 Å². The van der Waals surface area contributed by atoms with E-state index in [-0.39, 0.29) is 0 Å². The third-order valence-electron chi connectivity index (χ3n) is 4.30. The minimum atomic E-state index is 0.541. The highest BCUT2D eigenvalue weighted by molar-refractivity contribution is 5.98. The molecule has 0 atom stereocenters. The Labute approximate surface area is 154 Å². The summed E-state index contributed by atoms with van der Waals surface area (Å²) in [7, 11) is 1.68. The summed E-state index contributed by atoms with van der Waals surface area (Å²) in [6, 6.07) is 12.0. The lowest BCUT2D eigenvalue weighted by molar-refractivity contribution is 0.326. The van der Waals surface area contributed by atoms with Crippen molar-refractivity contribution in [2.45, 2.75) is 13.5 Å². The third kappa shape index (κ3) is 3.49. The number of nitrogens with zero attached hydrogens (tertiary/aromatic N) is 2. The number of terminal acetylenes is 1. The van der Waals surface area contributed by atoms with Crippen molar-refractivity contribution in [2.75, 3.05) is 20.2 Å². The molecule has 0 unspecified atom stereocenters. The molecule has 0 aliphatic carbocycles. The normalized spacial score (nSPS) is 10.8. The van der Waals surface area contributed by atoms with Crippen LogP contribution < -0.4 is 4.74 Å². The zero-order valence-electron chi connectivity index (χ0n) is 15.2. The Bertz CT molecular complexity index is 966. The molecule has 0 N–H and O–H groups in total. The van der Waals surface area contributed by atoms with Gasteiger partial charge in [0.25, 0.3) is 0 Å². The van der Waals surface area contributed by atoms with Crippen LogP contribution in [0.5, 0.6) is 5.75 Å². The van der Waals surface area contributed by atoms with Gasteiger partial charge in [-0.25, -0.2) is 4.98 Å². The summed E-state index contributed by atoms with van der Waals surface area (Å²) in [5.41, 5.74) is 1.83. The molecule has 0 radical (unpaired) electrons. The average Bonchev–Trinajstić information content (AvgIpc) is 3.01. The van der Waals surface area contributed by atoms with Crippen molar-refractivity contribution in [3.05, 3.63) is 60.5 Å². The van der Waals surface area contributed by atoms with Crippen LogP contribution in [0.4, 0.5) is 0 Å². The minimum absolute atomic E-state index is 0.541. The van der Waals surface area contributed by atoms with E-state index in [4.69, 9.17) is 20.6 Å². The Balaban J connectivity index is 2.00. The topological polar surface area (TPSA) is 38.5 Å². The molecule has 1 heterocycles. The molecule has 3 aromatic rings. The summed E-state index contributed by atoms with van der Waals surface area (Å²) in [5.74, 6) is 4.91. The van der Waals surface area contributed by atoms with Gasteiger partial charge in [-0.05, 0) is 24.4 Å². The lowest BCUT2D eigenvalue weighted by atomic mass is 10.0. The SMILES string of the molecule is C#CCN(CC=C)Cc1nc(-c2ccc(OC)c3ccccc23)oc1C. The molecule has 3 rings (SSSR count). The van der Waals surface area contributed by atoms with E-state index in [1.165, 1.54) is 0 Å². The van der Waals surface area contributed by atoms with Crippen LogP contribution in [0, 0.1) is 19.3 Å². The number of benzene rings is 2. The molecule has 26 heavy (non-hydrogen) atoms. The van der Waals surface area contributed by atoms with E-state index in [1.807, 2.05) is 43.3 Å². The third-order valence-corrected chi connectivity index (χ3v) is 4.30. The van der Waals surface area contributed by atoms with Gasteiger partial charge in [0.2, 0.25) is 5.89 Å². The summed E-state index contributed by atoms with van der Waals surface area (Å²) >= 11 is 0. The monoisotopic (exact) mass is 346 g/mol. The smallest absolute Gasteiger partial charge is 0.227 e. The summed E-state index contributed by atoms with van der Waals surface area (Å²) in [6.45, 7) is 7.59. The summed E-state index contributed by atoms with van der Waals surface area (Å²) < 4.78 is 11.5. The van der Waals surface area contributed by atoms with Crippen LogP contribution in [-0.2, 0) is 6.54 Å². The number of ether oxygens (including phenoxy) is 1. The number of hydrogen-bond acceptors (Lipinski definition) is 4. The predicted molar refractivity (Wildman–Crippen MR) is 105 cm³/mol. The zero-order chi connectivity index (χ0) is 18.5. The second kappa shape index (κ2) is 7.90. The van der Waals surface area contributed by atoms with Crippen molar-refractivity contribution in [1.29, 1.82) is 0 Å². The Morgan fingerprint density at radius 1 is 1.27 bits per heavy atom. The molecule has 0 amide bonds.